The molecule has 1 saturated carbocycles. The van der Waals surface area contributed by atoms with Crippen molar-refractivity contribution < 1.29 is 14.3 Å². The topological polar surface area (TPSA) is 35.5 Å². The summed E-state index contributed by atoms with van der Waals surface area (Å²) in [5, 5.41) is 0. The minimum Gasteiger partial charge on any atom is -0.488 e. The summed E-state index contributed by atoms with van der Waals surface area (Å²) in [6.07, 6.45) is 8.57. The molecule has 0 amide bonds. The van der Waals surface area contributed by atoms with Gasteiger partial charge >= 0.3 is 0 Å². The second kappa shape index (κ2) is 15.3. The van der Waals surface area contributed by atoms with Crippen LogP contribution in [-0.4, -0.2) is 17.3 Å². The van der Waals surface area contributed by atoms with Crippen molar-refractivity contribution in [3.05, 3.63) is 95.1 Å². The monoisotopic (exact) mass is 630 g/mol. The molecular formula is C39H50O3S2. The number of ketones is 1. The fourth-order valence-electron chi connectivity index (χ4n) is 6.81. The molecule has 1 aliphatic carbocycles. The van der Waals surface area contributed by atoms with E-state index in [1.54, 1.807) is 0 Å². The Morgan fingerprint density at radius 3 is 1.86 bits per heavy atom. The van der Waals surface area contributed by atoms with Crippen LogP contribution < -0.4 is 9.47 Å². The number of rotatable bonds is 13. The van der Waals surface area contributed by atoms with Crippen LogP contribution in [0.5, 0.6) is 11.5 Å². The molecule has 1 heterocycles. The molecule has 0 aromatic heterocycles. The van der Waals surface area contributed by atoms with Gasteiger partial charge in [0.2, 0.25) is 0 Å². The molecule has 3 nitrogen and oxygen atoms in total. The van der Waals surface area contributed by atoms with Crippen LogP contribution in [0.1, 0.15) is 107 Å². The van der Waals surface area contributed by atoms with Crippen LogP contribution in [0.2, 0.25) is 0 Å². The van der Waals surface area contributed by atoms with E-state index in [4.69, 9.17) is 9.47 Å². The fraction of sp³-hybridized carbons (Fsp3) is 0.513. The van der Waals surface area contributed by atoms with E-state index in [0.29, 0.717) is 25.4 Å². The van der Waals surface area contributed by atoms with E-state index in [9.17, 15) is 4.79 Å². The number of carbonyl (C=O) groups excluding carboxylic acids is 1. The van der Waals surface area contributed by atoms with Gasteiger partial charge in [-0.15, -0.1) is 23.5 Å². The molecule has 3 aromatic rings. The average Bonchev–Trinajstić information content (AvgIpc) is 3.51. The Balaban J connectivity index is 1.56. The van der Waals surface area contributed by atoms with E-state index in [-0.39, 0.29) is 21.3 Å². The van der Waals surface area contributed by atoms with Crippen LogP contribution in [0.3, 0.4) is 0 Å². The molecule has 0 spiro atoms. The van der Waals surface area contributed by atoms with Gasteiger partial charge in [0.1, 0.15) is 30.5 Å². The van der Waals surface area contributed by atoms with Gasteiger partial charge in [0.05, 0.1) is 4.08 Å². The first-order valence-corrected chi connectivity index (χ1v) is 18.6. The Hall–Kier alpha value is -2.37. The highest BCUT2D eigenvalue weighted by Gasteiger charge is 2.41. The van der Waals surface area contributed by atoms with Gasteiger partial charge in [0.15, 0.2) is 0 Å². The van der Waals surface area contributed by atoms with E-state index in [2.05, 4.69) is 112 Å². The van der Waals surface area contributed by atoms with Crippen molar-refractivity contribution >= 4 is 29.3 Å². The van der Waals surface area contributed by atoms with E-state index >= 15 is 0 Å². The second-order valence-corrected chi connectivity index (χ2v) is 16.6. The number of unbranched alkanes of at least 4 members (excludes halogenated alkanes) is 3. The van der Waals surface area contributed by atoms with Gasteiger partial charge in [0, 0.05) is 29.4 Å². The van der Waals surface area contributed by atoms with Crippen LogP contribution in [0, 0.1) is 11.3 Å². The highest BCUT2D eigenvalue weighted by molar-refractivity contribution is 8.20. The largest absolute Gasteiger partial charge is 0.488 e. The molecule has 5 rings (SSSR count). The van der Waals surface area contributed by atoms with Crippen molar-refractivity contribution in [2.24, 2.45) is 11.3 Å². The molecular weight excluding hydrogens is 581 g/mol. The molecule has 2 fully saturated rings. The smallest absolute Gasteiger partial charge is 0.137 e. The zero-order valence-corrected chi connectivity index (χ0v) is 28.7. The molecule has 236 valence electrons. The Labute approximate surface area is 274 Å². The summed E-state index contributed by atoms with van der Waals surface area (Å²) in [5.74, 6) is 4.65. The first-order chi connectivity index (χ1) is 21.3. The summed E-state index contributed by atoms with van der Waals surface area (Å²) in [7, 11) is 0. The van der Waals surface area contributed by atoms with Crippen molar-refractivity contribution in [3.63, 3.8) is 0 Å². The van der Waals surface area contributed by atoms with Crippen molar-refractivity contribution in [1.82, 2.24) is 0 Å². The molecule has 2 aliphatic rings. The third-order valence-electron chi connectivity index (χ3n) is 9.23. The lowest BCUT2D eigenvalue weighted by atomic mass is 9.67. The van der Waals surface area contributed by atoms with E-state index in [0.717, 1.165) is 59.0 Å². The molecule has 2 atom stereocenters. The van der Waals surface area contributed by atoms with Crippen LogP contribution in [0.4, 0.5) is 0 Å². The first kappa shape index (κ1) is 33.0. The van der Waals surface area contributed by atoms with E-state index < -0.39 is 0 Å². The molecule has 0 N–H and O–H groups in total. The SMILES string of the molecule is CCCCCCC1(c2cc(OCc3ccccc3)c([C@H]3CC[C@H](C(C)(C)C)C(=O)C3)c(OCc3ccccc3)c2)SCCS1. The van der Waals surface area contributed by atoms with Gasteiger partial charge in [-0.25, -0.2) is 0 Å². The lowest BCUT2D eigenvalue weighted by Gasteiger charge is -2.37. The maximum atomic E-state index is 13.6. The summed E-state index contributed by atoms with van der Waals surface area (Å²) < 4.78 is 13.6. The highest BCUT2D eigenvalue weighted by Crippen LogP contribution is 2.57. The van der Waals surface area contributed by atoms with Crippen LogP contribution in [-0.2, 0) is 22.1 Å². The van der Waals surface area contributed by atoms with Gasteiger partial charge in [0.25, 0.3) is 0 Å². The molecule has 0 unspecified atom stereocenters. The van der Waals surface area contributed by atoms with Crippen LogP contribution in [0.25, 0.3) is 0 Å². The van der Waals surface area contributed by atoms with Gasteiger partial charge in [-0.05, 0) is 59.4 Å². The first-order valence-electron chi connectivity index (χ1n) is 16.6. The molecule has 0 bridgehead atoms. The minimum atomic E-state index is -0.0216. The number of benzene rings is 3. The number of thioether (sulfide) groups is 2. The summed E-state index contributed by atoms with van der Waals surface area (Å²) in [6, 6.07) is 25.4. The Morgan fingerprint density at radius 2 is 1.36 bits per heavy atom. The predicted molar refractivity (Wildman–Crippen MR) is 188 cm³/mol. The summed E-state index contributed by atoms with van der Waals surface area (Å²) in [5.41, 5.74) is 4.64. The zero-order valence-electron chi connectivity index (χ0n) is 27.1. The Morgan fingerprint density at radius 1 is 0.795 bits per heavy atom. The van der Waals surface area contributed by atoms with Gasteiger partial charge in [-0.1, -0.05) is 114 Å². The van der Waals surface area contributed by atoms with Crippen LogP contribution >= 0.6 is 23.5 Å². The number of ether oxygens (including phenoxy) is 2. The maximum absolute atomic E-state index is 13.6. The number of hydrogen-bond acceptors (Lipinski definition) is 5. The third kappa shape index (κ3) is 8.26. The van der Waals surface area contributed by atoms with Crippen molar-refractivity contribution in [2.45, 2.75) is 102 Å². The fourth-order valence-corrected chi connectivity index (χ4v) is 10.1. The average molecular weight is 631 g/mol. The second-order valence-electron chi connectivity index (χ2n) is 13.6. The van der Waals surface area contributed by atoms with E-state index in [1.807, 2.05) is 12.1 Å². The van der Waals surface area contributed by atoms with E-state index in [1.165, 1.54) is 31.2 Å². The normalized spacial score (nSPS) is 20.0. The molecule has 1 aliphatic heterocycles. The van der Waals surface area contributed by atoms with Gasteiger partial charge < -0.3 is 9.47 Å². The predicted octanol–water partition coefficient (Wildman–Crippen LogP) is 10.9. The highest BCUT2D eigenvalue weighted by atomic mass is 32.2. The summed E-state index contributed by atoms with van der Waals surface area (Å²) >= 11 is 4.18. The summed E-state index contributed by atoms with van der Waals surface area (Å²) in [4.78, 5) is 13.6. The van der Waals surface area contributed by atoms with Crippen molar-refractivity contribution in [2.75, 3.05) is 11.5 Å². The zero-order chi connectivity index (χ0) is 31.0. The Kier molecular flexibility index (Phi) is 11.5. The lowest BCUT2D eigenvalue weighted by Crippen LogP contribution is -2.33. The molecule has 3 aromatic carbocycles. The lowest BCUT2D eigenvalue weighted by molar-refractivity contribution is -0.128. The van der Waals surface area contributed by atoms with Crippen LogP contribution in [0.15, 0.2) is 72.8 Å². The van der Waals surface area contributed by atoms with Gasteiger partial charge in [-0.2, -0.15) is 0 Å². The third-order valence-corrected chi connectivity index (χ3v) is 12.8. The summed E-state index contributed by atoms with van der Waals surface area (Å²) in [6.45, 7) is 9.86. The van der Waals surface area contributed by atoms with Crippen molar-refractivity contribution in [1.29, 1.82) is 0 Å². The maximum Gasteiger partial charge on any atom is 0.137 e. The quantitative estimate of drug-likeness (QED) is 0.176. The standard InChI is InChI=1S/C39H50O3S2/c1-5-6-7-14-21-39(43-22-23-44-39)32-25-35(41-27-29-15-10-8-11-16-29)37(31-19-20-33(34(40)24-31)38(2,3)4)36(26-32)42-28-30-17-12-9-13-18-30/h8-13,15-18,25-26,31,33H,5-7,14,19-24,27-28H2,1-4H3/t31-,33-/m0/s1. The van der Waals surface area contributed by atoms with Gasteiger partial charge in [-0.3, -0.25) is 4.79 Å². The molecule has 5 heteroatoms. The Bertz CT molecular complexity index is 1280. The molecule has 44 heavy (non-hydrogen) atoms. The van der Waals surface area contributed by atoms with Crippen molar-refractivity contribution in [3.8, 4) is 11.5 Å². The molecule has 0 radical (unpaired) electrons. The number of Topliss-reactive ketones (excluding diaryl/α,β-unsaturated/α-hetero) is 1. The number of carbonyl (C=O) groups is 1. The minimum absolute atomic E-state index is 0.00169. The molecule has 1 saturated heterocycles. The number of hydrogen-bond donors (Lipinski definition) is 0.